The Labute approximate surface area is 130 Å². The Hall–Kier alpha value is -1.69. The van der Waals surface area contributed by atoms with Crippen LogP contribution in [0, 0.1) is 6.92 Å². The molecule has 2 radical (unpaired) electrons. The van der Waals surface area contributed by atoms with Crippen molar-refractivity contribution in [2.24, 2.45) is 0 Å². The summed E-state index contributed by atoms with van der Waals surface area (Å²) in [5.41, 5.74) is 1.33. The van der Waals surface area contributed by atoms with E-state index in [4.69, 9.17) is 0 Å². The van der Waals surface area contributed by atoms with Gasteiger partial charge in [-0.05, 0) is 17.5 Å². The van der Waals surface area contributed by atoms with Gasteiger partial charge in [-0.3, -0.25) is 0 Å². The summed E-state index contributed by atoms with van der Waals surface area (Å²) in [4.78, 5) is 0. The van der Waals surface area contributed by atoms with E-state index in [2.05, 4.69) is 91.9 Å². The summed E-state index contributed by atoms with van der Waals surface area (Å²) in [6, 6.07) is 30.8. The predicted octanol–water partition coefficient (Wildman–Crippen LogP) is 3.37. The molecule has 0 atom stereocenters. The lowest BCUT2D eigenvalue weighted by Crippen LogP contribution is -2.23. The lowest BCUT2D eigenvalue weighted by molar-refractivity contribution is 1.49. The molecular weight excluding hydrogens is 287 g/mol. The summed E-state index contributed by atoms with van der Waals surface area (Å²) in [5, 5.41) is 4.36. The standard InChI is InChI=1S/C19H17PSi/c1-16-12-14-19(15-13-16)21-20(17-8-4-2-5-9-17)18-10-6-3-7-11-18/h2-15H,1H3. The van der Waals surface area contributed by atoms with Gasteiger partial charge >= 0.3 is 0 Å². The van der Waals surface area contributed by atoms with E-state index in [-0.39, 0.29) is 7.47 Å². The molecule has 0 aromatic heterocycles. The molecule has 0 amide bonds. The Bertz CT molecular complexity index is 638. The van der Waals surface area contributed by atoms with E-state index in [0.29, 0.717) is 0 Å². The van der Waals surface area contributed by atoms with Crippen LogP contribution in [0.25, 0.3) is 0 Å². The van der Waals surface area contributed by atoms with Gasteiger partial charge in [0, 0.05) is 0 Å². The fourth-order valence-electron chi connectivity index (χ4n) is 2.19. The van der Waals surface area contributed by atoms with Crippen LogP contribution in [0.4, 0.5) is 0 Å². The van der Waals surface area contributed by atoms with Crippen LogP contribution in [0.5, 0.6) is 0 Å². The van der Waals surface area contributed by atoms with Gasteiger partial charge in [-0.1, -0.05) is 103 Å². The molecule has 0 spiro atoms. The Morgan fingerprint density at radius 2 is 1.10 bits per heavy atom. The van der Waals surface area contributed by atoms with E-state index in [9.17, 15) is 0 Å². The largest absolute Gasteiger partial charge is 0.127 e. The number of hydrogen-bond donors (Lipinski definition) is 0. The van der Waals surface area contributed by atoms with Crippen LogP contribution in [0.2, 0.25) is 0 Å². The van der Waals surface area contributed by atoms with Gasteiger partial charge in [0.05, 0.1) is 0 Å². The van der Waals surface area contributed by atoms with Gasteiger partial charge in [-0.2, -0.15) is 0 Å². The molecule has 0 saturated heterocycles. The Morgan fingerprint density at radius 3 is 1.57 bits per heavy atom. The topological polar surface area (TPSA) is 0 Å². The molecule has 0 saturated carbocycles. The molecule has 0 fully saturated rings. The maximum absolute atomic E-state index is 2.27. The van der Waals surface area contributed by atoms with Gasteiger partial charge in [-0.25, -0.2) is 0 Å². The Kier molecular flexibility index (Phi) is 4.64. The molecule has 0 unspecified atom stereocenters. The fraction of sp³-hybridized carbons (Fsp3) is 0.0526. The highest BCUT2D eigenvalue weighted by molar-refractivity contribution is 7.98. The Balaban J connectivity index is 1.95. The molecule has 2 heteroatoms. The second-order valence-electron chi connectivity index (χ2n) is 4.98. The monoisotopic (exact) mass is 304 g/mol. The third-order valence-corrected chi connectivity index (χ3v) is 8.76. The van der Waals surface area contributed by atoms with Crippen molar-refractivity contribution in [2.75, 3.05) is 0 Å². The molecule has 0 bridgehead atoms. The zero-order chi connectivity index (χ0) is 14.5. The summed E-state index contributed by atoms with van der Waals surface area (Å²) >= 11 is 0. The summed E-state index contributed by atoms with van der Waals surface area (Å²) in [6.45, 7) is 2.14. The molecule has 21 heavy (non-hydrogen) atoms. The highest BCUT2D eigenvalue weighted by Gasteiger charge is 2.14. The van der Waals surface area contributed by atoms with Crippen molar-refractivity contribution in [3.63, 3.8) is 0 Å². The molecule has 0 nitrogen and oxygen atoms in total. The van der Waals surface area contributed by atoms with Crippen molar-refractivity contribution in [1.82, 2.24) is 0 Å². The van der Waals surface area contributed by atoms with Crippen molar-refractivity contribution in [3.05, 3.63) is 90.5 Å². The molecule has 3 aromatic rings. The van der Waals surface area contributed by atoms with E-state index in [1.54, 1.807) is 0 Å². The van der Waals surface area contributed by atoms with Crippen LogP contribution in [-0.2, 0) is 0 Å². The minimum atomic E-state index is -0.309. The van der Waals surface area contributed by atoms with E-state index in [1.807, 2.05) is 0 Å². The first-order valence-corrected chi connectivity index (χ1v) is 10.2. The Morgan fingerprint density at radius 1 is 0.619 bits per heavy atom. The van der Waals surface area contributed by atoms with Gasteiger partial charge in [0.25, 0.3) is 0 Å². The summed E-state index contributed by atoms with van der Waals surface area (Å²) in [5.74, 6) is 0. The highest BCUT2D eigenvalue weighted by atomic mass is 31.4. The first-order valence-electron chi connectivity index (χ1n) is 7.06. The second kappa shape index (κ2) is 6.84. The third kappa shape index (κ3) is 3.69. The normalized spacial score (nSPS) is 10.8. The maximum atomic E-state index is 2.27. The van der Waals surface area contributed by atoms with Gasteiger partial charge in [0.1, 0.15) is 9.19 Å². The van der Waals surface area contributed by atoms with Gasteiger partial charge < -0.3 is 0 Å². The van der Waals surface area contributed by atoms with Crippen LogP contribution in [-0.4, -0.2) is 9.19 Å². The van der Waals surface area contributed by atoms with Crippen LogP contribution < -0.4 is 15.8 Å². The first kappa shape index (κ1) is 14.3. The summed E-state index contributed by atoms with van der Waals surface area (Å²) in [7, 11) is 0.503. The minimum absolute atomic E-state index is 0.309. The van der Waals surface area contributed by atoms with Crippen LogP contribution >= 0.6 is 7.47 Å². The van der Waals surface area contributed by atoms with Crippen LogP contribution in [0.3, 0.4) is 0 Å². The van der Waals surface area contributed by atoms with Crippen molar-refractivity contribution < 1.29 is 0 Å². The zero-order valence-electron chi connectivity index (χ0n) is 12.0. The average molecular weight is 304 g/mol. The van der Waals surface area contributed by atoms with Gasteiger partial charge in [0.2, 0.25) is 0 Å². The zero-order valence-corrected chi connectivity index (χ0v) is 13.9. The maximum Gasteiger partial charge on any atom is 0.127 e. The fourth-order valence-corrected chi connectivity index (χ4v) is 7.15. The predicted molar refractivity (Wildman–Crippen MR) is 95.6 cm³/mol. The number of hydrogen-bond acceptors (Lipinski definition) is 0. The first-order chi connectivity index (χ1) is 10.3. The van der Waals surface area contributed by atoms with E-state index >= 15 is 0 Å². The molecule has 3 rings (SSSR count). The van der Waals surface area contributed by atoms with Crippen molar-refractivity contribution in [1.29, 1.82) is 0 Å². The van der Waals surface area contributed by atoms with E-state index < -0.39 is 0 Å². The van der Waals surface area contributed by atoms with E-state index in [1.165, 1.54) is 21.4 Å². The summed E-state index contributed by atoms with van der Waals surface area (Å²) < 4.78 is 0. The van der Waals surface area contributed by atoms with Crippen molar-refractivity contribution in [3.8, 4) is 0 Å². The van der Waals surface area contributed by atoms with Gasteiger partial charge in [0.15, 0.2) is 0 Å². The highest BCUT2D eigenvalue weighted by Crippen LogP contribution is 2.30. The molecule has 3 aromatic carbocycles. The third-order valence-electron chi connectivity index (χ3n) is 3.32. The van der Waals surface area contributed by atoms with Crippen molar-refractivity contribution >= 4 is 32.5 Å². The molecule has 0 aliphatic carbocycles. The molecular formula is C19H17PSi. The number of rotatable bonds is 4. The molecule has 0 heterocycles. The molecule has 0 aliphatic rings. The molecule has 0 aliphatic heterocycles. The van der Waals surface area contributed by atoms with Gasteiger partial charge in [-0.15, -0.1) is 0 Å². The van der Waals surface area contributed by atoms with Crippen LogP contribution in [0.15, 0.2) is 84.9 Å². The minimum Gasteiger partial charge on any atom is -0.0628 e. The molecule has 102 valence electrons. The second-order valence-corrected chi connectivity index (χ2v) is 9.50. The average Bonchev–Trinajstić information content (AvgIpc) is 2.56. The molecule has 0 N–H and O–H groups in total. The SMILES string of the molecule is Cc1ccc([Si]P(c2ccccc2)c2ccccc2)cc1. The van der Waals surface area contributed by atoms with E-state index in [0.717, 1.165) is 9.19 Å². The lowest BCUT2D eigenvalue weighted by Gasteiger charge is -2.18. The lowest BCUT2D eigenvalue weighted by atomic mass is 10.2. The summed E-state index contributed by atoms with van der Waals surface area (Å²) in [6.07, 6.45) is 0. The quantitative estimate of drug-likeness (QED) is 0.512. The number of aryl methyl sites for hydroxylation is 1. The number of benzene rings is 3. The van der Waals surface area contributed by atoms with Crippen LogP contribution in [0.1, 0.15) is 5.56 Å². The smallest absolute Gasteiger partial charge is 0.0628 e. The van der Waals surface area contributed by atoms with Crippen molar-refractivity contribution in [2.45, 2.75) is 6.92 Å².